The summed E-state index contributed by atoms with van der Waals surface area (Å²) in [5.74, 6) is -1.31. The van der Waals surface area contributed by atoms with E-state index >= 15 is 0 Å². The number of rotatable bonds is 12. The topological polar surface area (TPSA) is 94.8 Å². The molecule has 27 heavy (non-hydrogen) atoms. The highest BCUT2D eigenvalue weighted by Gasteiger charge is 2.39. The van der Waals surface area contributed by atoms with Crippen molar-refractivity contribution in [2.75, 3.05) is 0 Å². The van der Waals surface area contributed by atoms with Crippen LogP contribution in [-0.2, 0) is 9.59 Å². The van der Waals surface area contributed by atoms with E-state index in [1.165, 1.54) is 0 Å². The maximum absolute atomic E-state index is 12.2. The Morgan fingerprint density at radius 1 is 1.30 bits per heavy atom. The van der Waals surface area contributed by atoms with Crippen LogP contribution in [0.3, 0.4) is 0 Å². The molecule has 1 fully saturated rings. The first-order valence-electron chi connectivity index (χ1n) is 10.1. The summed E-state index contributed by atoms with van der Waals surface area (Å²) in [6, 6.07) is 0. The molecule has 0 aromatic rings. The molecule has 1 saturated carbocycles. The Morgan fingerprint density at radius 3 is 2.63 bits per heavy atom. The van der Waals surface area contributed by atoms with E-state index in [1.54, 1.807) is 6.08 Å². The van der Waals surface area contributed by atoms with Crippen molar-refractivity contribution in [2.45, 2.75) is 84.3 Å². The van der Waals surface area contributed by atoms with E-state index in [2.05, 4.69) is 6.92 Å². The highest BCUT2D eigenvalue weighted by molar-refractivity contribution is 5.84. The van der Waals surface area contributed by atoms with E-state index in [1.807, 2.05) is 32.1 Å². The van der Waals surface area contributed by atoms with Crippen molar-refractivity contribution in [3.63, 3.8) is 0 Å². The quantitative estimate of drug-likeness (QED) is 0.353. The lowest BCUT2D eigenvalue weighted by molar-refractivity contribution is -0.137. The van der Waals surface area contributed by atoms with E-state index < -0.39 is 18.2 Å². The Hall–Kier alpha value is -1.46. The molecule has 1 aliphatic rings. The van der Waals surface area contributed by atoms with Gasteiger partial charge in [0.1, 0.15) is 5.78 Å². The number of carboxylic acid groups (broad SMARTS) is 1. The van der Waals surface area contributed by atoms with Gasteiger partial charge in [-0.2, -0.15) is 0 Å². The third-order valence-corrected chi connectivity index (χ3v) is 5.54. The maximum Gasteiger partial charge on any atom is 0.303 e. The standard InChI is InChI=1S/C22H36O5/c1-4-5-14-22(2,3)20(25)13-12-17-16(18(23)15-19(17)24)10-8-6-7-9-11-21(26)27/h6,8,12-13,16-17,19-20,24-25H,4-5,7,9-11,14-15H2,1-3H3,(H,26,27)/b8-6+,13-12?/t16-,17-,19-,20-/m1/s1. The minimum atomic E-state index is -0.803. The van der Waals surface area contributed by atoms with Gasteiger partial charge in [-0.05, 0) is 31.1 Å². The number of hydrogen-bond acceptors (Lipinski definition) is 4. The van der Waals surface area contributed by atoms with E-state index in [4.69, 9.17) is 5.11 Å². The Morgan fingerprint density at radius 2 is 2.00 bits per heavy atom. The first-order chi connectivity index (χ1) is 12.7. The number of allylic oxidation sites excluding steroid dienone is 2. The van der Waals surface area contributed by atoms with E-state index in [0.29, 0.717) is 19.3 Å². The first kappa shape index (κ1) is 23.6. The number of aliphatic hydroxyl groups excluding tert-OH is 2. The van der Waals surface area contributed by atoms with Gasteiger partial charge >= 0.3 is 5.97 Å². The van der Waals surface area contributed by atoms with Crippen LogP contribution in [0.25, 0.3) is 0 Å². The summed E-state index contributed by atoms with van der Waals surface area (Å²) < 4.78 is 0. The smallest absolute Gasteiger partial charge is 0.303 e. The summed E-state index contributed by atoms with van der Waals surface area (Å²) in [4.78, 5) is 22.7. The zero-order valence-corrected chi connectivity index (χ0v) is 16.9. The highest BCUT2D eigenvalue weighted by atomic mass is 16.4. The number of Topliss-reactive ketones (excluding diaryl/α,β-unsaturated/α-hetero) is 1. The molecule has 3 N–H and O–H groups in total. The van der Waals surface area contributed by atoms with Gasteiger partial charge in [-0.1, -0.05) is 57.9 Å². The second-order valence-corrected chi connectivity index (χ2v) is 8.34. The van der Waals surface area contributed by atoms with E-state index in [-0.39, 0.29) is 35.9 Å². The van der Waals surface area contributed by atoms with Crippen molar-refractivity contribution in [3.05, 3.63) is 24.3 Å². The number of unbranched alkanes of at least 4 members (excludes halogenated alkanes) is 2. The molecule has 0 radical (unpaired) electrons. The molecule has 4 atom stereocenters. The third kappa shape index (κ3) is 7.97. The van der Waals surface area contributed by atoms with E-state index in [0.717, 1.165) is 19.3 Å². The molecule has 0 unspecified atom stereocenters. The summed E-state index contributed by atoms with van der Waals surface area (Å²) in [7, 11) is 0. The average molecular weight is 381 g/mol. The number of carbonyl (C=O) groups is 2. The van der Waals surface area contributed by atoms with Gasteiger partial charge in [0.05, 0.1) is 12.2 Å². The van der Waals surface area contributed by atoms with Gasteiger partial charge in [-0.25, -0.2) is 0 Å². The van der Waals surface area contributed by atoms with Gasteiger partial charge < -0.3 is 15.3 Å². The van der Waals surface area contributed by atoms with E-state index in [9.17, 15) is 19.8 Å². The molecular weight excluding hydrogens is 344 g/mol. The second-order valence-electron chi connectivity index (χ2n) is 8.34. The minimum absolute atomic E-state index is 0.0482. The molecule has 0 bridgehead atoms. The number of aliphatic hydroxyl groups is 2. The monoisotopic (exact) mass is 380 g/mol. The lowest BCUT2D eigenvalue weighted by Crippen LogP contribution is -2.28. The molecule has 1 aliphatic carbocycles. The Balaban J connectivity index is 2.63. The number of carboxylic acids is 1. The SMILES string of the molecule is CCCCC(C)(C)[C@H](O)C=C[C@H]1[C@H](O)CC(=O)[C@@H]1C/C=C/CCCC(=O)O. The predicted molar refractivity (Wildman–Crippen MR) is 106 cm³/mol. The normalized spacial score (nSPS) is 24.9. The molecule has 154 valence electrons. The van der Waals surface area contributed by atoms with Crippen LogP contribution in [0.1, 0.15) is 72.1 Å². The largest absolute Gasteiger partial charge is 0.481 e. The lowest BCUT2D eigenvalue weighted by Gasteiger charge is -2.29. The molecule has 0 saturated heterocycles. The Kier molecular flexibility index (Phi) is 9.95. The Bertz CT molecular complexity index is 535. The summed E-state index contributed by atoms with van der Waals surface area (Å²) in [6.07, 6.45) is 11.2. The molecule has 0 heterocycles. The van der Waals surface area contributed by atoms with Crippen molar-refractivity contribution in [1.82, 2.24) is 0 Å². The second kappa shape index (κ2) is 11.4. The zero-order valence-electron chi connectivity index (χ0n) is 16.9. The van der Waals surface area contributed by atoms with Gasteiger partial charge in [-0.15, -0.1) is 0 Å². The minimum Gasteiger partial charge on any atom is -0.481 e. The molecular formula is C22H36O5. The van der Waals surface area contributed by atoms with Gasteiger partial charge in [0, 0.05) is 24.7 Å². The van der Waals surface area contributed by atoms with Crippen LogP contribution in [0.2, 0.25) is 0 Å². The van der Waals surface area contributed by atoms with Crippen LogP contribution in [-0.4, -0.2) is 39.3 Å². The zero-order chi connectivity index (χ0) is 20.4. The van der Waals surface area contributed by atoms with Crippen LogP contribution in [0.4, 0.5) is 0 Å². The summed E-state index contributed by atoms with van der Waals surface area (Å²) in [6.45, 7) is 6.19. The molecule has 0 aliphatic heterocycles. The number of hydrogen-bond donors (Lipinski definition) is 3. The molecule has 1 rings (SSSR count). The van der Waals surface area contributed by atoms with Crippen LogP contribution in [0.15, 0.2) is 24.3 Å². The Labute approximate surface area is 163 Å². The van der Waals surface area contributed by atoms with Crippen LogP contribution >= 0.6 is 0 Å². The number of carbonyl (C=O) groups excluding carboxylic acids is 1. The molecule has 0 spiro atoms. The van der Waals surface area contributed by atoms with Crippen molar-refractivity contribution >= 4 is 11.8 Å². The van der Waals surface area contributed by atoms with Gasteiger partial charge in [0.25, 0.3) is 0 Å². The molecule has 0 aromatic heterocycles. The van der Waals surface area contributed by atoms with Crippen LogP contribution < -0.4 is 0 Å². The van der Waals surface area contributed by atoms with Gasteiger partial charge in [0.15, 0.2) is 0 Å². The summed E-state index contributed by atoms with van der Waals surface area (Å²) in [5, 5.41) is 29.4. The van der Waals surface area contributed by atoms with Crippen molar-refractivity contribution in [1.29, 1.82) is 0 Å². The highest BCUT2D eigenvalue weighted by Crippen LogP contribution is 2.35. The molecule has 0 aromatic carbocycles. The fourth-order valence-electron chi connectivity index (χ4n) is 3.53. The van der Waals surface area contributed by atoms with Crippen LogP contribution in [0.5, 0.6) is 0 Å². The average Bonchev–Trinajstić information content (AvgIpc) is 2.86. The fraction of sp³-hybridized carbons (Fsp3) is 0.727. The summed E-state index contributed by atoms with van der Waals surface area (Å²) in [5.41, 5.74) is -0.236. The number of aliphatic carboxylic acids is 1. The summed E-state index contributed by atoms with van der Waals surface area (Å²) >= 11 is 0. The van der Waals surface area contributed by atoms with Crippen molar-refractivity contribution in [2.24, 2.45) is 17.3 Å². The molecule has 5 nitrogen and oxygen atoms in total. The molecule has 0 amide bonds. The van der Waals surface area contributed by atoms with Crippen molar-refractivity contribution < 1.29 is 24.9 Å². The van der Waals surface area contributed by atoms with Gasteiger partial charge in [-0.3, -0.25) is 9.59 Å². The van der Waals surface area contributed by atoms with Crippen LogP contribution in [0, 0.1) is 17.3 Å². The van der Waals surface area contributed by atoms with Gasteiger partial charge in [0.2, 0.25) is 0 Å². The lowest BCUT2D eigenvalue weighted by atomic mass is 9.80. The number of ketones is 1. The molecule has 5 heteroatoms. The fourth-order valence-corrected chi connectivity index (χ4v) is 3.53. The third-order valence-electron chi connectivity index (χ3n) is 5.54. The van der Waals surface area contributed by atoms with Crippen molar-refractivity contribution in [3.8, 4) is 0 Å². The first-order valence-corrected chi connectivity index (χ1v) is 10.1. The predicted octanol–water partition coefficient (Wildman–Crippen LogP) is 3.89. The maximum atomic E-state index is 12.2.